The maximum atomic E-state index is 11.6. The molecule has 1 N–H and O–H groups in total. The van der Waals surface area contributed by atoms with Crippen molar-refractivity contribution in [1.29, 1.82) is 0 Å². The molecule has 2 aromatic carbocycles. The Morgan fingerprint density at radius 1 is 1.14 bits per heavy atom. The van der Waals surface area contributed by atoms with E-state index in [1.165, 1.54) is 30.4 Å². The zero-order valence-corrected chi connectivity index (χ0v) is 17.0. The minimum absolute atomic E-state index is 0.134. The summed E-state index contributed by atoms with van der Waals surface area (Å²) in [6.45, 7) is 3.04. The average Bonchev–Trinajstić information content (AvgIpc) is 2.63. The summed E-state index contributed by atoms with van der Waals surface area (Å²) < 4.78 is 5.93. The fraction of sp³-hybridized carbons (Fsp3) is 0.435. The average molecular weight is 399 g/mol. The molecule has 1 heterocycles. The molecule has 4 rings (SSSR count). The van der Waals surface area contributed by atoms with E-state index in [0.717, 1.165) is 36.0 Å². The normalized spacial score (nSPS) is 17.6. The highest BCUT2D eigenvalue weighted by molar-refractivity contribution is 6.31. The minimum Gasteiger partial charge on any atom is -0.489 e. The van der Waals surface area contributed by atoms with Gasteiger partial charge in [0, 0.05) is 31.7 Å². The van der Waals surface area contributed by atoms with Gasteiger partial charge in [-0.05, 0) is 53.6 Å². The van der Waals surface area contributed by atoms with Crippen molar-refractivity contribution >= 4 is 17.5 Å². The Kier molecular flexibility index (Phi) is 5.88. The number of nitrogens with one attached hydrogen (secondary N) is 1. The molecular formula is C23H27ClN2O2. The number of hydrogen-bond donors (Lipinski definition) is 1. The van der Waals surface area contributed by atoms with Gasteiger partial charge in [0.2, 0.25) is 5.91 Å². The number of likely N-dealkylation sites (tertiary alicyclic amines) is 1. The summed E-state index contributed by atoms with van der Waals surface area (Å²) in [5.74, 6) is 1.78. The first-order valence-corrected chi connectivity index (χ1v) is 10.4. The zero-order valence-electron chi connectivity index (χ0n) is 16.3. The van der Waals surface area contributed by atoms with Gasteiger partial charge in [-0.3, -0.25) is 9.69 Å². The summed E-state index contributed by atoms with van der Waals surface area (Å²) in [6, 6.07) is 14.5. The maximum Gasteiger partial charge on any atom is 0.225 e. The van der Waals surface area contributed by atoms with Crippen LogP contribution in [0.1, 0.15) is 41.9 Å². The molecular weight excluding hydrogens is 372 g/mol. The second-order valence-corrected chi connectivity index (χ2v) is 8.33. The van der Waals surface area contributed by atoms with E-state index >= 15 is 0 Å². The van der Waals surface area contributed by atoms with Crippen molar-refractivity contribution < 1.29 is 9.53 Å². The molecule has 0 atom stereocenters. The predicted octanol–water partition coefficient (Wildman–Crippen LogP) is 4.36. The fourth-order valence-electron chi connectivity index (χ4n) is 3.90. The predicted molar refractivity (Wildman–Crippen MR) is 112 cm³/mol. The van der Waals surface area contributed by atoms with Crippen LogP contribution in [-0.4, -0.2) is 30.9 Å². The number of halogens is 1. The van der Waals surface area contributed by atoms with Crippen LogP contribution in [0.3, 0.4) is 0 Å². The number of amides is 1. The van der Waals surface area contributed by atoms with Crippen molar-refractivity contribution in [3.05, 3.63) is 64.2 Å². The molecule has 28 heavy (non-hydrogen) atoms. The van der Waals surface area contributed by atoms with E-state index in [1.54, 1.807) is 7.05 Å². The van der Waals surface area contributed by atoms with Crippen molar-refractivity contribution in [2.24, 2.45) is 5.92 Å². The van der Waals surface area contributed by atoms with Crippen LogP contribution in [0.5, 0.6) is 5.75 Å². The summed E-state index contributed by atoms with van der Waals surface area (Å²) in [7, 11) is 1.69. The van der Waals surface area contributed by atoms with E-state index in [9.17, 15) is 4.79 Å². The molecule has 2 aromatic rings. The Bertz CT molecular complexity index is 827. The van der Waals surface area contributed by atoms with E-state index in [2.05, 4.69) is 34.5 Å². The summed E-state index contributed by atoms with van der Waals surface area (Å²) in [4.78, 5) is 13.8. The monoisotopic (exact) mass is 398 g/mol. The first-order valence-electron chi connectivity index (χ1n) is 10.1. The number of hydrogen-bond acceptors (Lipinski definition) is 3. The van der Waals surface area contributed by atoms with Crippen LogP contribution < -0.4 is 10.1 Å². The molecule has 148 valence electrons. The second-order valence-electron chi connectivity index (χ2n) is 7.92. The molecule has 0 bridgehead atoms. The van der Waals surface area contributed by atoms with Gasteiger partial charge >= 0.3 is 0 Å². The van der Waals surface area contributed by atoms with Gasteiger partial charge in [-0.25, -0.2) is 0 Å². The highest BCUT2D eigenvalue weighted by atomic mass is 35.5. The molecule has 0 unspecified atom stereocenters. The summed E-state index contributed by atoms with van der Waals surface area (Å²) in [6.07, 6.45) is 3.83. The van der Waals surface area contributed by atoms with E-state index in [1.807, 2.05) is 18.2 Å². The molecule has 0 radical (unpaired) electrons. The van der Waals surface area contributed by atoms with Crippen LogP contribution in [0, 0.1) is 5.92 Å². The number of carbonyl (C=O) groups is 1. The minimum atomic E-state index is 0.134. The van der Waals surface area contributed by atoms with Crippen LogP contribution in [-0.2, 0) is 17.9 Å². The van der Waals surface area contributed by atoms with Gasteiger partial charge in [-0.15, -0.1) is 0 Å². The van der Waals surface area contributed by atoms with Crippen molar-refractivity contribution in [1.82, 2.24) is 10.2 Å². The van der Waals surface area contributed by atoms with Gasteiger partial charge in [-0.1, -0.05) is 42.3 Å². The first kappa shape index (κ1) is 19.3. The quantitative estimate of drug-likeness (QED) is 0.753. The van der Waals surface area contributed by atoms with Crippen molar-refractivity contribution in [2.45, 2.75) is 38.3 Å². The fourth-order valence-corrected chi connectivity index (χ4v) is 4.25. The number of carbonyl (C=O) groups excluding carboxylic acids is 1. The second kappa shape index (κ2) is 8.54. The molecule has 2 fully saturated rings. The highest BCUT2D eigenvalue weighted by Gasteiger charge is 2.31. The number of nitrogens with zero attached hydrogens (tertiary/aromatic N) is 1. The lowest BCUT2D eigenvalue weighted by atomic mass is 9.80. The number of benzene rings is 2. The SMILES string of the molecule is CNC(=O)C1CN(Cc2ccc(OCc3ccc(C4CCC4)c(Cl)c3)cc2)C1. The Balaban J connectivity index is 1.26. The van der Waals surface area contributed by atoms with Crippen LogP contribution in [0.2, 0.25) is 5.02 Å². The first-order chi connectivity index (χ1) is 13.6. The third-order valence-electron chi connectivity index (χ3n) is 5.92. The van der Waals surface area contributed by atoms with Crippen LogP contribution in [0.15, 0.2) is 42.5 Å². The molecule has 5 heteroatoms. The Labute approximate surface area is 171 Å². The van der Waals surface area contributed by atoms with Gasteiger partial charge in [-0.2, -0.15) is 0 Å². The molecule has 1 saturated carbocycles. The third kappa shape index (κ3) is 4.34. The molecule has 4 nitrogen and oxygen atoms in total. The van der Waals surface area contributed by atoms with Crippen LogP contribution >= 0.6 is 11.6 Å². The van der Waals surface area contributed by atoms with Crippen LogP contribution in [0.25, 0.3) is 0 Å². The summed E-state index contributed by atoms with van der Waals surface area (Å²) >= 11 is 6.46. The van der Waals surface area contributed by atoms with Gasteiger partial charge < -0.3 is 10.1 Å². The van der Waals surface area contributed by atoms with Crippen LogP contribution in [0.4, 0.5) is 0 Å². The lowest BCUT2D eigenvalue weighted by Gasteiger charge is -2.38. The topological polar surface area (TPSA) is 41.6 Å². The van der Waals surface area contributed by atoms with E-state index in [-0.39, 0.29) is 11.8 Å². The van der Waals surface area contributed by atoms with E-state index in [0.29, 0.717) is 12.5 Å². The van der Waals surface area contributed by atoms with Gasteiger partial charge in [0.15, 0.2) is 0 Å². The van der Waals surface area contributed by atoms with E-state index < -0.39 is 0 Å². The Morgan fingerprint density at radius 3 is 2.46 bits per heavy atom. The van der Waals surface area contributed by atoms with Gasteiger partial charge in [0.05, 0.1) is 5.92 Å². The van der Waals surface area contributed by atoms with Gasteiger partial charge in [0.25, 0.3) is 0 Å². The van der Waals surface area contributed by atoms with E-state index in [4.69, 9.17) is 16.3 Å². The number of ether oxygens (including phenoxy) is 1. The smallest absolute Gasteiger partial charge is 0.225 e. The molecule has 1 saturated heterocycles. The molecule has 0 aromatic heterocycles. The summed E-state index contributed by atoms with van der Waals surface area (Å²) in [5, 5.41) is 3.58. The maximum absolute atomic E-state index is 11.6. The largest absolute Gasteiger partial charge is 0.489 e. The highest BCUT2D eigenvalue weighted by Crippen LogP contribution is 2.39. The van der Waals surface area contributed by atoms with Crippen molar-refractivity contribution in [2.75, 3.05) is 20.1 Å². The lowest BCUT2D eigenvalue weighted by molar-refractivity contribution is -0.129. The van der Waals surface area contributed by atoms with Crippen molar-refractivity contribution in [3.8, 4) is 5.75 Å². The van der Waals surface area contributed by atoms with Crippen molar-refractivity contribution in [3.63, 3.8) is 0 Å². The lowest BCUT2D eigenvalue weighted by Crippen LogP contribution is -2.52. The molecule has 1 amide bonds. The molecule has 2 aliphatic rings. The molecule has 1 aliphatic heterocycles. The summed E-state index contributed by atoms with van der Waals surface area (Å²) in [5.41, 5.74) is 3.61. The van der Waals surface area contributed by atoms with Gasteiger partial charge in [0.1, 0.15) is 12.4 Å². The Hall–Kier alpha value is -2.04. The molecule has 0 spiro atoms. The third-order valence-corrected chi connectivity index (χ3v) is 6.25. The standard InChI is InChI=1S/C23H27ClN2O2/c1-25-23(27)19-13-26(14-19)12-16-5-8-20(9-6-16)28-15-17-7-10-21(22(24)11-17)18-3-2-4-18/h5-11,18-19H,2-4,12-15H2,1H3,(H,25,27). The Morgan fingerprint density at radius 2 is 1.86 bits per heavy atom. The molecule has 1 aliphatic carbocycles. The zero-order chi connectivity index (χ0) is 19.5. The number of rotatable bonds is 7.